The Morgan fingerprint density at radius 3 is 2.50 bits per heavy atom. The van der Waals surface area contributed by atoms with Crippen LogP contribution >= 0.6 is 0 Å². The number of nitrogens with one attached hydrogen (secondary N) is 1. The number of nitrogens with zero attached hydrogens (tertiary/aromatic N) is 1. The summed E-state index contributed by atoms with van der Waals surface area (Å²) in [7, 11) is 0. The Bertz CT molecular complexity index is 180. The fourth-order valence-corrected chi connectivity index (χ4v) is 1.50. The standard InChI is InChI=1S/C9H19N3O2.C2H6/c1-8(13)11-4-7-14-9-2-5-12(10)6-3-9;1-2/h9H,2-7,10H2,1H3,(H,11,13);1-2H3. The maximum atomic E-state index is 10.5. The fourth-order valence-electron chi connectivity index (χ4n) is 1.50. The molecule has 1 saturated heterocycles. The van der Waals surface area contributed by atoms with Crippen LogP contribution in [0.15, 0.2) is 0 Å². The Morgan fingerprint density at radius 1 is 1.44 bits per heavy atom. The lowest BCUT2D eigenvalue weighted by Gasteiger charge is -2.28. The van der Waals surface area contributed by atoms with E-state index in [1.807, 2.05) is 18.9 Å². The number of hydrogen-bond acceptors (Lipinski definition) is 4. The lowest BCUT2D eigenvalue weighted by Crippen LogP contribution is -2.41. The van der Waals surface area contributed by atoms with Crippen molar-refractivity contribution in [1.29, 1.82) is 0 Å². The molecule has 0 spiro atoms. The van der Waals surface area contributed by atoms with Crippen LogP contribution in [0.25, 0.3) is 0 Å². The molecule has 1 amide bonds. The van der Waals surface area contributed by atoms with Gasteiger partial charge in [0.15, 0.2) is 0 Å². The van der Waals surface area contributed by atoms with E-state index in [1.165, 1.54) is 6.92 Å². The first-order chi connectivity index (χ1) is 7.68. The Labute approximate surface area is 98.3 Å². The van der Waals surface area contributed by atoms with Crippen LogP contribution in [0.2, 0.25) is 0 Å². The van der Waals surface area contributed by atoms with Crippen molar-refractivity contribution in [2.75, 3.05) is 26.2 Å². The first-order valence-electron chi connectivity index (χ1n) is 6.04. The van der Waals surface area contributed by atoms with Gasteiger partial charge in [-0.05, 0) is 12.8 Å². The lowest BCUT2D eigenvalue weighted by atomic mass is 10.1. The first-order valence-corrected chi connectivity index (χ1v) is 6.04. The highest BCUT2D eigenvalue weighted by Crippen LogP contribution is 2.10. The molecule has 1 heterocycles. The summed E-state index contributed by atoms with van der Waals surface area (Å²) in [6.07, 6.45) is 2.27. The molecular formula is C11H25N3O2. The van der Waals surface area contributed by atoms with Crippen molar-refractivity contribution in [3.8, 4) is 0 Å². The van der Waals surface area contributed by atoms with E-state index in [0.717, 1.165) is 25.9 Å². The van der Waals surface area contributed by atoms with Crippen LogP contribution in [0, 0.1) is 0 Å². The van der Waals surface area contributed by atoms with E-state index >= 15 is 0 Å². The summed E-state index contributed by atoms with van der Waals surface area (Å²) >= 11 is 0. The quantitative estimate of drug-likeness (QED) is 0.546. The largest absolute Gasteiger partial charge is 0.376 e. The molecule has 1 aliphatic rings. The number of rotatable bonds is 4. The van der Waals surface area contributed by atoms with Gasteiger partial charge in [0.2, 0.25) is 5.91 Å². The van der Waals surface area contributed by atoms with E-state index in [1.54, 1.807) is 0 Å². The molecule has 5 heteroatoms. The number of amides is 1. The normalized spacial score (nSPS) is 17.5. The molecule has 0 aromatic carbocycles. The van der Waals surface area contributed by atoms with E-state index in [0.29, 0.717) is 19.3 Å². The van der Waals surface area contributed by atoms with Crippen LogP contribution in [0.1, 0.15) is 33.6 Å². The van der Waals surface area contributed by atoms with E-state index in [9.17, 15) is 4.79 Å². The molecule has 1 rings (SSSR count). The molecule has 0 bridgehead atoms. The fraction of sp³-hybridized carbons (Fsp3) is 0.909. The molecule has 0 unspecified atom stereocenters. The smallest absolute Gasteiger partial charge is 0.216 e. The van der Waals surface area contributed by atoms with Gasteiger partial charge in [0.1, 0.15) is 0 Å². The van der Waals surface area contributed by atoms with Gasteiger partial charge >= 0.3 is 0 Å². The van der Waals surface area contributed by atoms with Gasteiger partial charge in [0, 0.05) is 26.6 Å². The molecule has 0 aliphatic carbocycles. The first kappa shape index (κ1) is 15.3. The second-order valence-electron chi connectivity index (χ2n) is 3.59. The Kier molecular flexibility index (Phi) is 9.18. The van der Waals surface area contributed by atoms with Crippen LogP contribution in [0.3, 0.4) is 0 Å². The monoisotopic (exact) mass is 231 g/mol. The molecular weight excluding hydrogens is 206 g/mol. The van der Waals surface area contributed by atoms with Gasteiger partial charge in [-0.1, -0.05) is 13.8 Å². The number of hydrazine groups is 1. The molecule has 5 nitrogen and oxygen atoms in total. The second kappa shape index (κ2) is 9.57. The molecule has 16 heavy (non-hydrogen) atoms. The highest BCUT2D eigenvalue weighted by molar-refractivity contribution is 5.72. The van der Waals surface area contributed by atoms with Crippen LogP contribution in [0.4, 0.5) is 0 Å². The van der Waals surface area contributed by atoms with E-state index in [4.69, 9.17) is 10.6 Å². The maximum Gasteiger partial charge on any atom is 0.216 e. The summed E-state index contributed by atoms with van der Waals surface area (Å²) in [4.78, 5) is 10.5. The van der Waals surface area contributed by atoms with E-state index in [-0.39, 0.29) is 5.91 Å². The van der Waals surface area contributed by atoms with Gasteiger partial charge in [-0.15, -0.1) is 0 Å². The third-order valence-electron chi connectivity index (χ3n) is 2.31. The molecule has 1 aliphatic heterocycles. The molecule has 0 aromatic heterocycles. The minimum Gasteiger partial charge on any atom is -0.376 e. The van der Waals surface area contributed by atoms with Crippen LogP contribution in [-0.4, -0.2) is 43.3 Å². The molecule has 0 saturated carbocycles. The van der Waals surface area contributed by atoms with Crippen molar-refractivity contribution in [2.45, 2.75) is 39.7 Å². The summed E-state index contributed by atoms with van der Waals surface area (Å²) in [5.41, 5.74) is 0. The van der Waals surface area contributed by atoms with Crippen LogP contribution in [0.5, 0.6) is 0 Å². The minimum absolute atomic E-state index is 0.00891. The number of carbonyl (C=O) groups excluding carboxylic acids is 1. The van der Waals surface area contributed by atoms with Gasteiger partial charge in [-0.2, -0.15) is 0 Å². The predicted octanol–water partition coefficient (Wildman–Crippen LogP) is 0.503. The molecule has 0 radical (unpaired) electrons. The van der Waals surface area contributed by atoms with Gasteiger partial charge in [0.05, 0.1) is 12.7 Å². The molecule has 96 valence electrons. The molecule has 3 N–H and O–H groups in total. The van der Waals surface area contributed by atoms with E-state index < -0.39 is 0 Å². The summed E-state index contributed by atoms with van der Waals surface area (Å²) in [5, 5.41) is 4.51. The van der Waals surface area contributed by atoms with Crippen LogP contribution in [-0.2, 0) is 9.53 Å². The zero-order valence-electron chi connectivity index (χ0n) is 10.7. The summed E-state index contributed by atoms with van der Waals surface area (Å²) in [6, 6.07) is 0. The summed E-state index contributed by atoms with van der Waals surface area (Å²) in [6.45, 7) is 8.48. The van der Waals surface area contributed by atoms with Gasteiger partial charge in [0.25, 0.3) is 0 Å². The Morgan fingerprint density at radius 2 is 2.00 bits per heavy atom. The summed E-state index contributed by atoms with van der Waals surface area (Å²) in [5.74, 6) is 5.60. The zero-order chi connectivity index (χ0) is 12.4. The topological polar surface area (TPSA) is 67.6 Å². The third-order valence-corrected chi connectivity index (χ3v) is 2.31. The highest BCUT2D eigenvalue weighted by atomic mass is 16.5. The van der Waals surface area contributed by atoms with Crippen molar-refractivity contribution < 1.29 is 9.53 Å². The Hall–Kier alpha value is -0.650. The van der Waals surface area contributed by atoms with Crippen molar-refractivity contribution in [1.82, 2.24) is 10.3 Å². The molecule has 0 atom stereocenters. The van der Waals surface area contributed by atoms with Gasteiger partial charge < -0.3 is 10.1 Å². The number of carbonyl (C=O) groups is 1. The van der Waals surface area contributed by atoms with Crippen molar-refractivity contribution in [3.05, 3.63) is 0 Å². The zero-order valence-corrected chi connectivity index (χ0v) is 10.7. The average molecular weight is 231 g/mol. The predicted molar refractivity (Wildman–Crippen MR) is 64.8 cm³/mol. The number of ether oxygens (including phenoxy) is 1. The SMILES string of the molecule is CC.CC(=O)NCCOC1CCN(N)CC1. The Balaban J connectivity index is 0.00000106. The maximum absolute atomic E-state index is 10.5. The van der Waals surface area contributed by atoms with Crippen LogP contribution < -0.4 is 11.2 Å². The second-order valence-corrected chi connectivity index (χ2v) is 3.59. The number of piperidine rings is 1. The van der Waals surface area contributed by atoms with Crippen molar-refractivity contribution in [2.24, 2.45) is 5.84 Å². The van der Waals surface area contributed by atoms with Crippen molar-refractivity contribution in [3.63, 3.8) is 0 Å². The molecule has 0 aromatic rings. The highest BCUT2D eigenvalue weighted by Gasteiger charge is 2.16. The lowest BCUT2D eigenvalue weighted by molar-refractivity contribution is -0.119. The van der Waals surface area contributed by atoms with Gasteiger partial charge in [-0.25, -0.2) is 5.01 Å². The average Bonchev–Trinajstić information content (AvgIpc) is 2.29. The third kappa shape index (κ3) is 7.62. The summed E-state index contributed by atoms with van der Waals surface area (Å²) < 4.78 is 5.58. The number of nitrogens with two attached hydrogens (primary N) is 1. The minimum atomic E-state index is -0.00891. The number of hydrogen-bond donors (Lipinski definition) is 2. The van der Waals surface area contributed by atoms with E-state index in [2.05, 4.69) is 5.32 Å². The van der Waals surface area contributed by atoms with Gasteiger partial charge in [-0.3, -0.25) is 10.6 Å². The van der Waals surface area contributed by atoms with Crippen molar-refractivity contribution >= 4 is 5.91 Å². The molecule has 1 fully saturated rings.